The smallest absolute Gasteiger partial charge is 0.311 e. The molecule has 0 spiro atoms. The minimum Gasteiger partial charge on any atom is -0.465 e. The van der Waals surface area contributed by atoms with Gasteiger partial charge in [-0.2, -0.15) is 0 Å². The predicted molar refractivity (Wildman–Crippen MR) is 72.6 cm³/mol. The second-order valence-electron chi connectivity index (χ2n) is 4.43. The van der Waals surface area contributed by atoms with Gasteiger partial charge in [-0.25, -0.2) is 0 Å². The van der Waals surface area contributed by atoms with Crippen molar-refractivity contribution < 1.29 is 9.53 Å². The maximum Gasteiger partial charge on any atom is 0.311 e. The molecule has 0 N–H and O–H groups in total. The Morgan fingerprint density at radius 1 is 1.06 bits per heavy atom. The van der Waals surface area contributed by atoms with Crippen LogP contribution >= 0.6 is 0 Å². The number of unbranched alkanes of at least 4 members (excludes halogenated alkanes) is 4. The van der Waals surface area contributed by atoms with Gasteiger partial charge in [0, 0.05) is 12.3 Å². The van der Waals surface area contributed by atoms with Crippen molar-refractivity contribution in [3.63, 3.8) is 0 Å². The van der Waals surface area contributed by atoms with E-state index in [1.165, 1.54) is 19.3 Å². The maximum absolute atomic E-state index is 11.4. The van der Waals surface area contributed by atoms with Crippen LogP contribution in [-0.4, -0.2) is 24.8 Å². The van der Waals surface area contributed by atoms with Crippen molar-refractivity contribution >= 4 is 11.7 Å². The molecule has 0 amide bonds. The molecule has 0 atom stereocenters. The Morgan fingerprint density at radius 2 is 1.76 bits per heavy atom. The fourth-order valence-electron chi connectivity index (χ4n) is 1.45. The number of ether oxygens (including phenoxy) is 1. The summed E-state index contributed by atoms with van der Waals surface area (Å²) in [6.07, 6.45) is 7.21. The van der Waals surface area contributed by atoms with E-state index in [-0.39, 0.29) is 5.97 Å². The molecule has 0 unspecified atom stereocenters. The minimum absolute atomic E-state index is 0.145. The average Bonchev–Trinajstić information content (AvgIpc) is 2.29. The summed E-state index contributed by atoms with van der Waals surface area (Å²) in [6, 6.07) is 0. The highest BCUT2D eigenvalue weighted by Gasteiger charge is 2.04. The number of aliphatic imine (C=N–C) groups is 1. The van der Waals surface area contributed by atoms with Crippen molar-refractivity contribution in [3.05, 3.63) is 0 Å². The van der Waals surface area contributed by atoms with Gasteiger partial charge in [-0.1, -0.05) is 39.5 Å². The summed E-state index contributed by atoms with van der Waals surface area (Å²) < 4.78 is 5.08. The van der Waals surface area contributed by atoms with Gasteiger partial charge < -0.3 is 4.74 Å². The Hall–Kier alpha value is -0.860. The van der Waals surface area contributed by atoms with Crippen molar-refractivity contribution in [2.75, 3.05) is 13.2 Å². The Kier molecular flexibility index (Phi) is 11.0. The summed E-state index contributed by atoms with van der Waals surface area (Å²) in [6.45, 7) is 7.56. The third kappa shape index (κ3) is 11.4. The van der Waals surface area contributed by atoms with Crippen LogP contribution in [0.25, 0.3) is 0 Å². The zero-order valence-electron chi connectivity index (χ0n) is 11.6. The molecule has 0 aliphatic rings. The van der Waals surface area contributed by atoms with Gasteiger partial charge in [0.25, 0.3) is 0 Å². The number of hydrogen-bond acceptors (Lipinski definition) is 3. The molecule has 17 heavy (non-hydrogen) atoms. The molecule has 3 heteroatoms. The zero-order valence-corrected chi connectivity index (χ0v) is 11.6. The van der Waals surface area contributed by atoms with E-state index in [0.717, 1.165) is 31.5 Å². The Bertz CT molecular complexity index is 224. The molecule has 0 fully saturated rings. The molecule has 0 bridgehead atoms. The molecule has 0 aromatic carbocycles. The third-order valence-electron chi connectivity index (χ3n) is 2.55. The highest BCUT2D eigenvalue weighted by Crippen LogP contribution is 2.00. The summed E-state index contributed by atoms with van der Waals surface area (Å²) in [7, 11) is 0. The number of carbonyl (C=O) groups is 1. The van der Waals surface area contributed by atoms with Gasteiger partial charge in [0.15, 0.2) is 0 Å². The first-order valence-corrected chi connectivity index (χ1v) is 6.86. The summed E-state index contributed by atoms with van der Waals surface area (Å²) in [5.74, 6) is -0.145. The van der Waals surface area contributed by atoms with E-state index < -0.39 is 0 Å². The van der Waals surface area contributed by atoms with E-state index in [9.17, 15) is 4.79 Å². The van der Waals surface area contributed by atoms with Gasteiger partial charge in [-0.15, -0.1) is 0 Å². The molecular weight excluding hydrogens is 214 g/mol. The first-order chi connectivity index (χ1) is 8.20. The van der Waals surface area contributed by atoms with Crippen molar-refractivity contribution in [2.24, 2.45) is 4.99 Å². The van der Waals surface area contributed by atoms with E-state index in [2.05, 4.69) is 18.8 Å². The van der Waals surface area contributed by atoms with Crippen molar-refractivity contribution in [1.29, 1.82) is 0 Å². The zero-order chi connectivity index (χ0) is 12.9. The first kappa shape index (κ1) is 16.1. The predicted octanol–water partition coefficient (Wildman–Crippen LogP) is 3.76. The molecule has 0 rings (SSSR count). The summed E-state index contributed by atoms with van der Waals surface area (Å²) >= 11 is 0. The van der Waals surface area contributed by atoms with Crippen LogP contribution in [-0.2, 0) is 9.53 Å². The number of carbonyl (C=O) groups excluding carboxylic acids is 1. The van der Waals surface area contributed by atoms with Crippen molar-refractivity contribution in [3.8, 4) is 0 Å². The van der Waals surface area contributed by atoms with E-state index in [1.807, 2.05) is 6.92 Å². The topological polar surface area (TPSA) is 38.7 Å². The van der Waals surface area contributed by atoms with Crippen molar-refractivity contribution in [1.82, 2.24) is 0 Å². The van der Waals surface area contributed by atoms with Gasteiger partial charge in [-0.05, 0) is 19.8 Å². The highest BCUT2D eigenvalue weighted by molar-refractivity contribution is 5.97. The summed E-state index contributed by atoms with van der Waals surface area (Å²) in [5, 5.41) is 0. The first-order valence-electron chi connectivity index (χ1n) is 6.86. The standard InChI is InChI=1S/C14H27NO2/c1-4-6-8-9-10-15-13(3)12-14(16)17-11-7-5-2/h4-12H2,1-3H3. The third-order valence-corrected chi connectivity index (χ3v) is 2.55. The molecule has 0 aliphatic heterocycles. The molecule has 0 saturated carbocycles. The average molecular weight is 241 g/mol. The molecule has 0 aliphatic carbocycles. The van der Waals surface area contributed by atoms with Gasteiger partial charge in [0.05, 0.1) is 13.0 Å². The van der Waals surface area contributed by atoms with Crippen molar-refractivity contribution in [2.45, 2.75) is 65.7 Å². The van der Waals surface area contributed by atoms with Gasteiger partial charge in [0.2, 0.25) is 0 Å². The molecule has 0 saturated heterocycles. The van der Waals surface area contributed by atoms with Crippen LogP contribution in [0.15, 0.2) is 4.99 Å². The van der Waals surface area contributed by atoms with Crippen LogP contribution in [0.2, 0.25) is 0 Å². The molecule has 3 nitrogen and oxygen atoms in total. The number of nitrogens with zero attached hydrogens (tertiary/aromatic N) is 1. The highest BCUT2D eigenvalue weighted by atomic mass is 16.5. The fourth-order valence-corrected chi connectivity index (χ4v) is 1.45. The Morgan fingerprint density at radius 3 is 2.41 bits per heavy atom. The van der Waals surface area contributed by atoms with Crippen LogP contribution in [0.5, 0.6) is 0 Å². The quantitative estimate of drug-likeness (QED) is 0.332. The van der Waals surface area contributed by atoms with Gasteiger partial charge in [-0.3, -0.25) is 9.79 Å². The lowest BCUT2D eigenvalue weighted by Crippen LogP contribution is -2.10. The lowest BCUT2D eigenvalue weighted by Gasteiger charge is -2.03. The second-order valence-corrected chi connectivity index (χ2v) is 4.43. The van der Waals surface area contributed by atoms with Crippen LogP contribution in [0.3, 0.4) is 0 Å². The molecule has 0 aromatic rings. The molecule has 0 aromatic heterocycles. The molecule has 100 valence electrons. The van der Waals surface area contributed by atoms with E-state index in [4.69, 9.17) is 4.74 Å². The normalized spacial score (nSPS) is 11.6. The SMILES string of the molecule is CCCCCCN=C(C)CC(=O)OCCCC. The fraction of sp³-hybridized carbons (Fsp3) is 0.857. The van der Waals surface area contributed by atoms with Crippen LogP contribution < -0.4 is 0 Å². The Balaban J connectivity index is 3.57. The number of hydrogen-bond donors (Lipinski definition) is 0. The van der Waals surface area contributed by atoms with Crippen LogP contribution in [0, 0.1) is 0 Å². The van der Waals surface area contributed by atoms with Gasteiger partial charge in [0.1, 0.15) is 0 Å². The van der Waals surface area contributed by atoms with E-state index in [1.54, 1.807) is 0 Å². The largest absolute Gasteiger partial charge is 0.465 e. The van der Waals surface area contributed by atoms with E-state index >= 15 is 0 Å². The molecule has 0 heterocycles. The van der Waals surface area contributed by atoms with Gasteiger partial charge >= 0.3 is 5.97 Å². The van der Waals surface area contributed by atoms with E-state index in [0.29, 0.717) is 13.0 Å². The minimum atomic E-state index is -0.145. The number of esters is 1. The summed E-state index contributed by atoms with van der Waals surface area (Å²) in [4.78, 5) is 15.7. The van der Waals surface area contributed by atoms with Crippen LogP contribution in [0.1, 0.15) is 65.7 Å². The monoisotopic (exact) mass is 241 g/mol. The molecular formula is C14H27NO2. The number of rotatable bonds is 10. The maximum atomic E-state index is 11.4. The van der Waals surface area contributed by atoms with Crippen LogP contribution in [0.4, 0.5) is 0 Å². The Labute approximate surface area is 106 Å². The molecule has 0 radical (unpaired) electrons. The second kappa shape index (κ2) is 11.6. The summed E-state index contributed by atoms with van der Waals surface area (Å²) in [5.41, 5.74) is 0.892. The lowest BCUT2D eigenvalue weighted by atomic mass is 10.2. The lowest BCUT2D eigenvalue weighted by molar-refractivity contribution is -0.142.